The number of hydrogen-bond donors (Lipinski definition) is 1. The SMILES string of the molecule is CCCC[Si](OC[C@]1(O)C=C[C@@]2(C)C(=CC[C@H]3[C@@H]4CC[C@H](CC)[C@@]4(C)CC[C@@H]32)C1)(c1ccccc1)c1ccccc1. The third-order valence-corrected chi connectivity index (χ3v) is 16.6. The Kier molecular flexibility index (Phi) is 8.02. The zero-order valence-corrected chi connectivity index (χ0v) is 26.9. The van der Waals surface area contributed by atoms with Gasteiger partial charge in [0.2, 0.25) is 0 Å². The van der Waals surface area contributed by atoms with Gasteiger partial charge in [0, 0.05) is 11.8 Å². The maximum Gasteiger partial charge on any atom is 0.255 e. The lowest BCUT2D eigenvalue weighted by Gasteiger charge is -2.57. The van der Waals surface area contributed by atoms with Gasteiger partial charge in [0.1, 0.15) is 5.60 Å². The maximum absolute atomic E-state index is 12.1. The van der Waals surface area contributed by atoms with Crippen molar-refractivity contribution in [3.8, 4) is 0 Å². The second-order valence-electron chi connectivity index (χ2n) is 14.4. The summed E-state index contributed by atoms with van der Waals surface area (Å²) in [5, 5.41) is 14.7. The fourth-order valence-corrected chi connectivity index (χ4v) is 14.2. The molecule has 2 aromatic rings. The van der Waals surface area contributed by atoms with Crippen molar-refractivity contribution < 1.29 is 9.53 Å². The van der Waals surface area contributed by atoms with E-state index >= 15 is 0 Å². The smallest absolute Gasteiger partial charge is 0.255 e. The molecule has 4 aliphatic rings. The van der Waals surface area contributed by atoms with Gasteiger partial charge in [-0.3, -0.25) is 0 Å². The second kappa shape index (κ2) is 11.3. The quantitative estimate of drug-likeness (QED) is 0.245. The summed E-state index contributed by atoms with van der Waals surface area (Å²) >= 11 is 0. The lowest BCUT2D eigenvalue weighted by atomic mass is 9.48. The molecule has 2 saturated carbocycles. The zero-order valence-electron chi connectivity index (χ0n) is 25.9. The molecule has 0 aromatic heterocycles. The van der Waals surface area contributed by atoms with Gasteiger partial charge >= 0.3 is 0 Å². The summed E-state index contributed by atoms with van der Waals surface area (Å²) in [4.78, 5) is 0. The molecule has 2 aromatic carbocycles. The molecule has 6 rings (SSSR count). The molecule has 1 N–H and O–H groups in total. The second-order valence-corrected chi connectivity index (χ2v) is 18.0. The molecular formula is C38H52O2Si. The molecule has 220 valence electrons. The lowest BCUT2D eigenvalue weighted by Crippen LogP contribution is -2.62. The Morgan fingerprint density at radius 2 is 1.56 bits per heavy atom. The van der Waals surface area contributed by atoms with Gasteiger partial charge in [-0.25, -0.2) is 0 Å². The molecule has 0 unspecified atom stereocenters. The van der Waals surface area contributed by atoms with Crippen LogP contribution < -0.4 is 10.4 Å². The summed E-state index contributed by atoms with van der Waals surface area (Å²) in [6.07, 6.45) is 18.2. The van der Waals surface area contributed by atoms with E-state index in [2.05, 4.69) is 107 Å². The summed E-state index contributed by atoms with van der Waals surface area (Å²) in [6.45, 7) is 10.1. The molecule has 4 aliphatic carbocycles. The molecule has 41 heavy (non-hydrogen) atoms. The number of benzene rings is 2. The van der Waals surface area contributed by atoms with E-state index in [1.54, 1.807) is 0 Å². The van der Waals surface area contributed by atoms with Crippen molar-refractivity contribution in [2.75, 3.05) is 6.61 Å². The van der Waals surface area contributed by atoms with Crippen molar-refractivity contribution in [2.24, 2.45) is 34.5 Å². The van der Waals surface area contributed by atoms with Crippen LogP contribution >= 0.6 is 0 Å². The standard InChI is InChI=1S/C38H52O2Si/c1-5-7-26-41(31-14-10-8-11-15-31,32-16-12-9-13-17-32)40-28-38(39)25-24-37(4)30(27-38)18-20-33-34-21-19-29(6-2)36(34,3)23-22-35(33)37/h8-18,24-25,29,33-35,39H,5-7,19-23,26-28H2,1-4H3/t29-,33-,34-,35-,36+,37-,38-/m0/s1. The average molecular weight is 569 g/mol. The summed E-state index contributed by atoms with van der Waals surface area (Å²) in [6, 6.07) is 22.8. The predicted octanol–water partition coefficient (Wildman–Crippen LogP) is 8.06. The first-order valence-corrected chi connectivity index (χ1v) is 18.8. The molecular weight excluding hydrogens is 517 g/mol. The molecule has 0 heterocycles. The van der Waals surface area contributed by atoms with Gasteiger partial charge in [0.15, 0.2) is 0 Å². The van der Waals surface area contributed by atoms with E-state index in [1.165, 1.54) is 54.5 Å². The molecule has 2 fully saturated rings. The highest BCUT2D eigenvalue weighted by atomic mass is 28.4. The first-order valence-electron chi connectivity index (χ1n) is 16.7. The molecule has 7 atom stereocenters. The third kappa shape index (κ3) is 4.94. The molecule has 0 amide bonds. The van der Waals surface area contributed by atoms with E-state index in [0.717, 1.165) is 36.6 Å². The Morgan fingerprint density at radius 3 is 2.20 bits per heavy atom. The van der Waals surface area contributed by atoms with Gasteiger partial charge in [-0.2, -0.15) is 0 Å². The number of aliphatic hydroxyl groups is 1. The van der Waals surface area contributed by atoms with Gasteiger partial charge in [-0.05, 0) is 77.6 Å². The summed E-state index contributed by atoms with van der Waals surface area (Å²) in [5.41, 5.74) is 1.10. The Bertz CT molecular complexity index is 1210. The topological polar surface area (TPSA) is 29.5 Å². The van der Waals surface area contributed by atoms with Crippen LogP contribution in [0, 0.1) is 34.5 Å². The Balaban J connectivity index is 1.27. The Hall–Kier alpha value is -1.94. The van der Waals surface area contributed by atoms with E-state index in [4.69, 9.17) is 4.43 Å². The number of hydrogen-bond acceptors (Lipinski definition) is 2. The number of rotatable bonds is 9. The minimum atomic E-state index is -2.54. The van der Waals surface area contributed by atoms with Crippen molar-refractivity contribution in [3.63, 3.8) is 0 Å². The highest BCUT2D eigenvalue weighted by molar-refractivity contribution is 6.97. The van der Waals surface area contributed by atoms with Crippen LogP contribution in [0.15, 0.2) is 84.5 Å². The molecule has 3 heteroatoms. The fraction of sp³-hybridized carbons (Fsp3) is 0.579. The van der Waals surface area contributed by atoms with Crippen molar-refractivity contribution in [1.82, 2.24) is 0 Å². The zero-order chi connectivity index (χ0) is 28.7. The van der Waals surface area contributed by atoms with Gasteiger partial charge in [0.05, 0.1) is 6.61 Å². The van der Waals surface area contributed by atoms with Crippen molar-refractivity contribution in [3.05, 3.63) is 84.5 Å². The summed E-state index contributed by atoms with van der Waals surface area (Å²) in [5.74, 6) is 3.25. The minimum Gasteiger partial charge on any atom is -0.405 e. The molecule has 0 saturated heterocycles. The Morgan fingerprint density at radius 1 is 0.878 bits per heavy atom. The van der Waals surface area contributed by atoms with Crippen molar-refractivity contribution in [1.29, 1.82) is 0 Å². The lowest BCUT2D eigenvalue weighted by molar-refractivity contribution is -0.0337. The number of allylic oxidation sites excluding steroid dienone is 2. The third-order valence-electron chi connectivity index (χ3n) is 12.4. The molecule has 2 nitrogen and oxygen atoms in total. The first-order chi connectivity index (χ1) is 19.8. The van der Waals surface area contributed by atoms with E-state index in [-0.39, 0.29) is 5.41 Å². The fourth-order valence-electron chi connectivity index (χ4n) is 9.97. The van der Waals surface area contributed by atoms with Crippen LogP contribution in [0.3, 0.4) is 0 Å². The normalized spacial score (nSPS) is 36.3. The monoisotopic (exact) mass is 568 g/mol. The van der Waals surface area contributed by atoms with E-state index in [9.17, 15) is 5.11 Å². The van der Waals surface area contributed by atoms with Crippen LogP contribution in [0.25, 0.3) is 0 Å². The molecule has 0 aliphatic heterocycles. The van der Waals surface area contributed by atoms with Crippen LogP contribution in [0.2, 0.25) is 6.04 Å². The van der Waals surface area contributed by atoms with E-state index < -0.39 is 13.9 Å². The van der Waals surface area contributed by atoms with Crippen LogP contribution in [-0.4, -0.2) is 25.6 Å². The summed E-state index contributed by atoms with van der Waals surface area (Å²) in [7, 11) is -2.54. The van der Waals surface area contributed by atoms with E-state index in [0.29, 0.717) is 24.4 Å². The van der Waals surface area contributed by atoms with Gasteiger partial charge in [-0.1, -0.05) is 131 Å². The van der Waals surface area contributed by atoms with Crippen molar-refractivity contribution >= 4 is 18.7 Å². The summed E-state index contributed by atoms with van der Waals surface area (Å²) < 4.78 is 7.17. The molecule has 0 radical (unpaired) electrons. The van der Waals surface area contributed by atoms with Crippen LogP contribution in [0.1, 0.15) is 85.5 Å². The average Bonchev–Trinajstić information content (AvgIpc) is 3.35. The molecule has 0 spiro atoms. The van der Waals surface area contributed by atoms with Gasteiger partial charge in [-0.15, -0.1) is 0 Å². The highest BCUT2D eigenvalue weighted by Crippen LogP contribution is 2.66. The molecule has 0 bridgehead atoms. The van der Waals surface area contributed by atoms with Crippen LogP contribution in [-0.2, 0) is 4.43 Å². The van der Waals surface area contributed by atoms with Crippen LogP contribution in [0.5, 0.6) is 0 Å². The maximum atomic E-state index is 12.1. The predicted molar refractivity (Wildman–Crippen MR) is 174 cm³/mol. The largest absolute Gasteiger partial charge is 0.405 e. The van der Waals surface area contributed by atoms with Gasteiger partial charge < -0.3 is 9.53 Å². The highest BCUT2D eigenvalue weighted by Gasteiger charge is 2.58. The van der Waals surface area contributed by atoms with Crippen molar-refractivity contribution in [2.45, 2.75) is 97.1 Å². The van der Waals surface area contributed by atoms with Crippen LogP contribution in [0.4, 0.5) is 0 Å². The Labute approximate surface area is 250 Å². The minimum absolute atomic E-state index is 0.0658. The first kappa shape index (κ1) is 29.1. The van der Waals surface area contributed by atoms with E-state index in [1.807, 2.05) is 0 Å². The number of fused-ring (bicyclic) bond motifs is 5. The van der Waals surface area contributed by atoms with Gasteiger partial charge in [0.25, 0.3) is 8.32 Å². The number of unbranched alkanes of at least 4 members (excludes halogenated alkanes) is 1.